The van der Waals surface area contributed by atoms with Crippen LogP contribution in [0.15, 0.2) is 48.5 Å². The average molecular weight is 306 g/mol. The second-order valence-electron chi connectivity index (χ2n) is 4.62. The minimum Gasteiger partial charge on any atom is -0.362 e. The Morgan fingerprint density at radius 2 is 1.76 bits per heavy atom. The number of rotatable bonds is 5. The van der Waals surface area contributed by atoms with E-state index in [1.165, 1.54) is 24.3 Å². The monoisotopic (exact) mass is 306 g/mol. The summed E-state index contributed by atoms with van der Waals surface area (Å²) in [4.78, 5) is 0. The largest absolute Gasteiger partial charge is 0.362 e. The van der Waals surface area contributed by atoms with Gasteiger partial charge in [-0.2, -0.15) is 0 Å². The lowest BCUT2D eigenvalue weighted by Crippen LogP contribution is -2.29. The third-order valence-corrected chi connectivity index (χ3v) is 3.17. The van der Waals surface area contributed by atoms with Crippen molar-refractivity contribution in [3.05, 3.63) is 65.7 Å². The van der Waals surface area contributed by atoms with E-state index in [1.807, 2.05) is 0 Å². The summed E-state index contributed by atoms with van der Waals surface area (Å²) in [5.74, 6) is -0.531. The van der Waals surface area contributed by atoms with Crippen molar-refractivity contribution in [3.8, 4) is 0 Å². The van der Waals surface area contributed by atoms with Crippen LogP contribution in [0.3, 0.4) is 0 Å². The highest BCUT2D eigenvalue weighted by Gasteiger charge is 1.99. The standard InChI is InChI=1S/C16H16F2N2S/c17-13-8-6-12(7-9-13)3-2-10-19-16(21)20-15-5-1-4-14(18)11-15/h1,4-9,11H,2-3,10H2,(H2,19,20,21). The molecular weight excluding hydrogens is 290 g/mol. The SMILES string of the molecule is Fc1ccc(CCCNC(=S)Nc2cccc(F)c2)cc1. The Hall–Kier alpha value is -2.01. The second kappa shape index (κ2) is 7.69. The van der Waals surface area contributed by atoms with Crippen molar-refractivity contribution in [1.82, 2.24) is 5.32 Å². The molecule has 110 valence electrons. The van der Waals surface area contributed by atoms with Crippen molar-refractivity contribution in [2.75, 3.05) is 11.9 Å². The Kier molecular flexibility index (Phi) is 5.63. The first-order chi connectivity index (χ1) is 10.1. The molecule has 0 atom stereocenters. The fraction of sp³-hybridized carbons (Fsp3) is 0.188. The van der Waals surface area contributed by atoms with Gasteiger partial charge in [0.05, 0.1) is 0 Å². The quantitative estimate of drug-likeness (QED) is 0.647. The number of hydrogen-bond donors (Lipinski definition) is 2. The molecule has 0 saturated carbocycles. The van der Waals surface area contributed by atoms with Gasteiger partial charge in [-0.05, 0) is 61.0 Å². The molecule has 0 saturated heterocycles. The first kappa shape index (κ1) is 15.4. The van der Waals surface area contributed by atoms with Crippen LogP contribution in [-0.2, 0) is 6.42 Å². The number of halogens is 2. The van der Waals surface area contributed by atoms with E-state index in [9.17, 15) is 8.78 Å². The Morgan fingerprint density at radius 3 is 2.48 bits per heavy atom. The van der Waals surface area contributed by atoms with Gasteiger partial charge < -0.3 is 10.6 Å². The normalized spacial score (nSPS) is 10.2. The van der Waals surface area contributed by atoms with Crippen molar-refractivity contribution < 1.29 is 8.78 Å². The fourth-order valence-corrected chi connectivity index (χ4v) is 2.11. The topological polar surface area (TPSA) is 24.1 Å². The van der Waals surface area contributed by atoms with E-state index in [0.29, 0.717) is 17.3 Å². The van der Waals surface area contributed by atoms with Crippen LogP contribution < -0.4 is 10.6 Å². The van der Waals surface area contributed by atoms with Crippen LogP contribution in [0.25, 0.3) is 0 Å². The summed E-state index contributed by atoms with van der Waals surface area (Å²) in [7, 11) is 0. The van der Waals surface area contributed by atoms with Crippen molar-refractivity contribution in [2.45, 2.75) is 12.8 Å². The van der Waals surface area contributed by atoms with Crippen molar-refractivity contribution in [1.29, 1.82) is 0 Å². The van der Waals surface area contributed by atoms with Crippen LogP contribution in [0.1, 0.15) is 12.0 Å². The van der Waals surface area contributed by atoms with Gasteiger partial charge in [0.25, 0.3) is 0 Å². The lowest BCUT2D eigenvalue weighted by molar-refractivity contribution is 0.626. The van der Waals surface area contributed by atoms with E-state index in [0.717, 1.165) is 18.4 Å². The first-order valence-electron chi connectivity index (χ1n) is 6.68. The molecule has 0 amide bonds. The molecule has 0 heterocycles. The van der Waals surface area contributed by atoms with Gasteiger partial charge >= 0.3 is 0 Å². The molecule has 2 nitrogen and oxygen atoms in total. The second-order valence-corrected chi connectivity index (χ2v) is 5.03. The molecule has 0 aliphatic carbocycles. The zero-order chi connectivity index (χ0) is 15.1. The lowest BCUT2D eigenvalue weighted by Gasteiger charge is -2.10. The zero-order valence-electron chi connectivity index (χ0n) is 11.4. The Balaban J connectivity index is 1.68. The van der Waals surface area contributed by atoms with Gasteiger partial charge in [-0.15, -0.1) is 0 Å². The van der Waals surface area contributed by atoms with Crippen LogP contribution in [0, 0.1) is 11.6 Å². The molecule has 2 aromatic carbocycles. The summed E-state index contributed by atoms with van der Waals surface area (Å²) in [6.45, 7) is 0.693. The van der Waals surface area contributed by atoms with E-state index in [4.69, 9.17) is 12.2 Å². The van der Waals surface area contributed by atoms with Gasteiger partial charge in [0, 0.05) is 12.2 Å². The smallest absolute Gasteiger partial charge is 0.170 e. The highest BCUT2D eigenvalue weighted by Crippen LogP contribution is 2.09. The predicted molar refractivity (Wildman–Crippen MR) is 85.3 cm³/mol. The number of hydrogen-bond acceptors (Lipinski definition) is 1. The predicted octanol–water partition coefficient (Wildman–Crippen LogP) is 3.88. The fourth-order valence-electron chi connectivity index (χ4n) is 1.89. The number of benzene rings is 2. The summed E-state index contributed by atoms with van der Waals surface area (Å²) in [6, 6.07) is 12.6. The van der Waals surface area contributed by atoms with Crippen LogP contribution in [0.2, 0.25) is 0 Å². The maximum absolute atomic E-state index is 13.0. The van der Waals surface area contributed by atoms with Crippen LogP contribution in [0.5, 0.6) is 0 Å². The van der Waals surface area contributed by atoms with Crippen molar-refractivity contribution >= 4 is 23.0 Å². The third kappa shape index (κ3) is 5.47. The molecule has 0 aliphatic heterocycles. The third-order valence-electron chi connectivity index (χ3n) is 2.92. The molecule has 21 heavy (non-hydrogen) atoms. The molecule has 2 aromatic rings. The van der Waals surface area contributed by atoms with Gasteiger partial charge in [0.1, 0.15) is 11.6 Å². The van der Waals surface area contributed by atoms with Crippen molar-refractivity contribution in [2.24, 2.45) is 0 Å². The molecule has 5 heteroatoms. The maximum Gasteiger partial charge on any atom is 0.170 e. The number of anilines is 1. The van der Waals surface area contributed by atoms with Gasteiger partial charge in [-0.3, -0.25) is 0 Å². The number of nitrogens with one attached hydrogen (secondary N) is 2. The van der Waals surface area contributed by atoms with Crippen LogP contribution >= 0.6 is 12.2 Å². The minimum absolute atomic E-state index is 0.225. The molecule has 0 spiro atoms. The van der Waals surface area contributed by atoms with E-state index >= 15 is 0 Å². The number of aryl methyl sites for hydroxylation is 1. The maximum atomic E-state index is 13.0. The van der Waals surface area contributed by atoms with Gasteiger partial charge in [-0.25, -0.2) is 8.78 Å². The van der Waals surface area contributed by atoms with E-state index in [1.54, 1.807) is 24.3 Å². The number of thiocarbonyl (C=S) groups is 1. The molecule has 0 unspecified atom stereocenters. The lowest BCUT2D eigenvalue weighted by atomic mass is 10.1. The summed E-state index contributed by atoms with van der Waals surface area (Å²) in [5, 5.41) is 6.43. The Morgan fingerprint density at radius 1 is 1.00 bits per heavy atom. The first-order valence-corrected chi connectivity index (χ1v) is 7.09. The molecule has 0 fully saturated rings. The molecule has 0 aliphatic rings. The minimum atomic E-state index is -0.306. The van der Waals surface area contributed by atoms with E-state index < -0.39 is 0 Å². The van der Waals surface area contributed by atoms with Gasteiger partial charge in [0.2, 0.25) is 0 Å². The Bertz CT molecular complexity index is 599. The molecule has 0 bridgehead atoms. The van der Waals surface area contributed by atoms with E-state index in [-0.39, 0.29) is 11.6 Å². The summed E-state index contributed by atoms with van der Waals surface area (Å²) in [6.07, 6.45) is 1.71. The van der Waals surface area contributed by atoms with Gasteiger partial charge in [-0.1, -0.05) is 18.2 Å². The zero-order valence-corrected chi connectivity index (χ0v) is 12.2. The summed E-state index contributed by atoms with van der Waals surface area (Å²) in [5.41, 5.74) is 1.70. The van der Waals surface area contributed by atoms with Crippen LogP contribution in [-0.4, -0.2) is 11.7 Å². The summed E-state index contributed by atoms with van der Waals surface area (Å²) < 4.78 is 25.8. The summed E-state index contributed by atoms with van der Waals surface area (Å²) >= 11 is 5.13. The van der Waals surface area contributed by atoms with Crippen molar-refractivity contribution in [3.63, 3.8) is 0 Å². The highest BCUT2D eigenvalue weighted by molar-refractivity contribution is 7.80. The molecular formula is C16H16F2N2S. The molecule has 2 rings (SSSR count). The molecule has 0 aromatic heterocycles. The molecule has 2 N–H and O–H groups in total. The Labute approximate surface area is 128 Å². The molecule has 0 radical (unpaired) electrons. The average Bonchev–Trinajstić information content (AvgIpc) is 2.45. The van der Waals surface area contributed by atoms with Crippen LogP contribution in [0.4, 0.5) is 14.5 Å². The van der Waals surface area contributed by atoms with Gasteiger partial charge in [0.15, 0.2) is 5.11 Å². The van der Waals surface area contributed by atoms with E-state index in [2.05, 4.69) is 10.6 Å². The highest BCUT2D eigenvalue weighted by atomic mass is 32.1.